The van der Waals surface area contributed by atoms with Gasteiger partial charge in [-0.05, 0) is 40.8 Å². The SMILES string of the molecule is COc1ccc(-c2ccc3c4c(cccc24)C(=O)N3C)cc1. The van der Waals surface area contributed by atoms with Crippen LogP contribution in [0, 0.1) is 0 Å². The first-order valence-corrected chi connectivity index (χ1v) is 7.19. The number of methoxy groups -OCH3 is 1. The highest BCUT2D eigenvalue weighted by atomic mass is 16.5. The molecule has 4 rings (SSSR count). The van der Waals surface area contributed by atoms with Crippen molar-refractivity contribution in [1.82, 2.24) is 0 Å². The molecule has 0 unspecified atom stereocenters. The van der Waals surface area contributed by atoms with Gasteiger partial charge in [0.1, 0.15) is 5.75 Å². The molecule has 0 bridgehead atoms. The highest BCUT2D eigenvalue weighted by Crippen LogP contribution is 2.41. The van der Waals surface area contributed by atoms with E-state index in [4.69, 9.17) is 4.74 Å². The van der Waals surface area contributed by atoms with E-state index in [9.17, 15) is 4.79 Å². The Balaban J connectivity index is 1.99. The fraction of sp³-hybridized carbons (Fsp3) is 0.105. The van der Waals surface area contributed by atoms with Gasteiger partial charge in [-0.2, -0.15) is 0 Å². The second-order valence-electron chi connectivity index (χ2n) is 5.45. The summed E-state index contributed by atoms with van der Waals surface area (Å²) < 4.78 is 5.22. The second-order valence-corrected chi connectivity index (χ2v) is 5.45. The van der Waals surface area contributed by atoms with E-state index in [1.165, 1.54) is 0 Å². The van der Waals surface area contributed by atoms with Crippen LogP contribution in [-0.4, -0.2) is 20.1 Å². The largest absolute Gasteiger partial charge is 0.497 e. The Hall–Kier alpha value is -2.81. The van der Waals surface area contributed by atoms with Crippen molar-refractivity contribution in [2.24, 2.45) is 0 Å². The number of hydrogen-bond acceptors (Lipinski definition) is 2. The Morgan fingerprint density at radius 3 is 2.41 bits per heavy atom. The highest BCUT2D eigenvalue weighted by molar-refractivity contribution is 6.26. The van der Waals surface area contributed by atoms with Crippen LogP contribution in [0.2, 0.25) is 0 Å². The van der Waals surface area contributed by atoms with Crippen molar-refractivity contribution in [3.8, 4) is 16.9 Å². The molecule has 0 saturated heterocycles. The number of hydrogen-bond donors (Lipinski definition) is 0. The van der Waals surface area contributed by atoms with Crippen molar-refractivity contribution in [2.75, 3.05) is 19.1 Å². The van der Waals surface area contributed by atoms with Crippen LogP contribution in [0.3, 0.4) is 0 Å². The van der Waals surface area contributed by atoms with E-state index in [-0.39, 0.29) is 5.91 Å². The molecule has 1 heterocycles. The normalized spacial score (nSPS) is 13.0. The van der Waals surface area contributed by atoms with Gasteiger partial charge in [0.05, 0.1) is 12.8 Å². The van der Waals surface area contributed by atoms with E-state index in [1.54, 1.807) is 12.0 Å². The van der Waals surface area contributed by atoms with Gasteiger partial charge >= 0.3 is 0 Å². The van der Waals surface area contributed by atoms with Crippen molar-refractivity contribution in [3.05, 3.63) is 60.2 Å². The molecule has 0 fully saturated rings. The number of benzene rings is 3. The van der Waals surface area contributed by atoms with Crippen molar-refractivity contribution < 1.29 is 9.53 Å². The molecule has 3 heteroatoms. The van der Waals surface area contributed by atoms with Gasteiger partial charge in [0, 0.05) is 18.0 Å². The number of amides is 1. The zero-order valence-electron chi connectivity index (χ0n) is 12.5. The predicted molar refractivity (Wildman–Crippen MR) is 88.7 cm³/mol. The van der Waals surface area contributed by atoms with Gasteiger partial charge in [-0.3, -0.25) is 4.79 Å². The van der Waals surface area contributed by atoms with Crippen LogP contribution in [0.15, 0.2) is 54.6 Å². The maximum absolute atomic E-state index is 12.3. The van der Waals surface area contributed by atoms with Gasteiger partial charge in [-0.1, -0.05) is 30.3 Å². The Bertz CT molecular complexity index is 897. The lowest BCUT2D eigenvalue weighted by Crippen LogP contribution is -2.20. The molecular formula is C19H15NO2. The van der Waals surface area contributed by atoms with E-state index in [2.05, 4.69) is 12.1 Å². The summed E-state index contributed by atoms with van der Waals surface area (Å²) in [5, 5.41) is 2.15. The van der Waals surface area contributed by atoms with Crippen LogP contribution in [0.25, 0.3) is 21.9 Å². The van der Waals surface area contributed by atoms with Crippen LogP contribution in [0.1, 0.15) is 10.4 Å². The fourth-order valence-electron chi connectivity index (χ4n) is 3.16. The number of carbonyl (C=O) groups excluding carboxylic acids is 1. The topological polar surface area (TPSA) is 29.5 Å². The van der Waals surface area contributed by atoms with Gasteiger partial charge in [0.15, 0.2) is 0 Å². The maximum atomic E-state index is 12.3. The molecule has 3 nitrogen and oxygen atoms in total. The number of carbonyl (C=O) groups is 1. The van der Waals surface area contributed by atoms with Crippen molar-refractivity contribution in [3.63, 3.8) is 0 Å². The third-order valence-electron chi connectivity index (χ3n) is 4.32. The summed E-state index contributed by atoms with van der Waals surface area (Å²) in [5.74, 6) is 0.900. The van der Waals surface area contributed by atoms with Crippen LogP contribution < -0.4 is 9.64 Å². The first-order valence-electron chi connectivity index (χ1n) is 7.19. The molecule has 3 aromatic carbocycles. The summed E-state index contributed by atoms with van der Waals surface area (Å²) in [6.45, 7) is 0. The van der Waals surface area contributed by atoms with Crippen LogP contribution in [-0.2, 0) is 0 Å². The minimum atomic E-state index is 0.0625. The minimum Gasteiger partial charge on any atom is -0.497 e. The summed E-state index contributed by atoms with van der Waals surface area (Å²) in [5.41, 5.74) is 4.01. The molecule has 3 aromatic rings. The second kappa shape index (κ2) is 4.60. The van der Waals surface area contributed by atoms with Crippen molar-refractivity contribution >= 4 is 22.4 Å². The fourth-order valence-corrected chi connectivity index (χ4v) is 3.16. The zero-order chi connectivity index (χ0) is 15.3. The third kappa shape index (κ3) is 1.65. The van der Waals surface area contributed by atoms with Gasteiger partial charge in [0.25, 0.3) is 5.91 Å². The van der Waals surface area contributed by atoms with E-state index >= 15 is 0 Å². The molecule has 0 spiro atoms. The van der Waals surface area contributed by atoms with E-state index in [1.807, 2.05) is 49.5 Å². The molecule has 1 aliphatic heterocycles. The summed E-state index contributed by atoms with van der Waals surface area (Å²) >= 11 is 0. The van der Waals surface area contributed by atoms with Crippen LogP contribution in [0.5, 0.6) is 5.75 Å². The minimum absolute atomic E-state index is 0.0625. The number of nitrogens with zero attached hydrogens (tertiary/aromatic N) is 1. The summed E-state index contributed by atoms with van der Waals surface area (Å²) in [6.07, 6.45) is 0. The lowest BCUT2D eigenvalue weighted by Gasteiger charge is -2.12. The molecule has 0 atom stereocenters. The lowest BCUT2D eigenvalue weighted by molar-refractivity contribution is 0.0999. The Kier molecular flexibility index (Phi) is 2.70. The Morgan fingerprint density at radius 2 is 1.68 bits per heavy atom. The monoisotopic (exact) mass is 289 g/mol. The Morgan fingerprint density at radius 1 is 0.909 bits per heavy atom. The first-order chi connectivity index (χ1) is 10.7. The molecule has 108 valence electrons. The summed E-state index contributed by atoms with van der Waals surface area (Å²) in [6, 6.07) is 18.0. The van der Waals surface area contributed by atoms with Crippen LogP contribution >= 0.6 is 0 Å². The third-order valence-corrected chi connectivity index (χ3v) is 4.32. The average Bonchev–Trinajstić information content (AvgIpc) is 2.82. The Labute approximate surface area is 128 Å². The molecule has 0 saturated carbocycles. The summed E-state index contributed by atoms with van der Waals surface area (Å²) in [7, 11) is 3.49. The molecule has 22 heavy (non-hydrogen) atoms. The van der Waals surface area contributed by atoms with Crippen molar-refractivity contribution in [2.45, 2.75) is 0 Å². The zero-order valence-corrected chi connectivity index (χ0v) is 12.5. The van der Waals surface area contributed by atoms with E-state index < -0.39 is 0 Å². The quantitative estimate of drug-likeness (QED) is 0.710. The number of ether oxygens (including phenoxy) is 1. The van der Waals surface area contributed by atoms with Gasteiger partial charge in [-0.15, -0.1) is 0 Å². The van der Waals surface area contributed by atoms with Gasteiger partial charge < -0.3 is 9.64 Å². The first kappa shape index (κ1) is 12.9. The highest BCUT2D eigenvalue weighted by Gasteiger charge is 2.27. The van der Waals surface area contributed by atoms with Gasteiger partial charge in [0.2, 0.25) is 0 Å². The molecule has 0 aliphatic carbocycles. The molecule has 1 aliphatic rings. The van der Waals surface area contributed by atoms with E-state index in [0.29, 0.717) is 0 Å². The molecule has 0 radical (unpaired) electrons. The standard InChI is InChI=1S/C19H15NO2/c1-20-17-11-10-14(12-6-8-13(22-2)9-7-12)15-4-3-5-16(18(15)17)19(20)21/h3-11H,1-2H3. The molecule has 0 aromatic heterocycles. The molecule has 1 amide bonds. The number of rotatable bonds is 2. The van der Waals surface area contributed by atoms with E-state index in [0.717, 1.165) is 38.9 Å². The average molecular weight is 289 g/mol. The smallest absolute Gasteiger partial charge is 0.258 e. The molecular weight excluding hydrogens is 274 g/mol. The lowest BCUT2D eigenvalue weighted by atomic mass is 9.96. The van der Waals surface area contributed by atoms with Crippen molar-refractivity contribution in [1.29, 1.82) is 0 Å². The molecule has 0 N–H and O–H groups in total. The predicted octanol–water partition coefficient (Wildman–Crippen LogP) is 4.11. The summed E-state index contributed by atoms with van der Waals surface area (Å²) in [4.78, 5) is 14.0. The van der Waals surface area contributed by atoms with Gasteiger partial charge in [-0.25, -0.2) is 0 Å². The van der Waals surface area contributed by atoms with Crippen LogP contribution in [0.4, 0.5) is 5.69 Å². The maximum Gasteiger partial charge on any atom is 0.258 e. The number of anilines is 1.